The maximum Gasteiger partial charge on any atom is 0.304 e. The number of hydrogen-bond acceptors (Lipinski definition) is 22. The smallest absolute Gasteiger partial charge is 0.304 e. The zero-order chi connectivity index (χ0) is 70.6. The molecule has 9 amide bonds. The topological polar surface area (TPSA) is 489 Å². The summed E-state index contributed by atoms with van der Waals surface area (Å²) in [4.78, 5) is 166. The van der Waals surface area contributed by atoms with E-state index in [2.05, 4.69) is 42.2 Å². The fraction of sp³-hybridized carbons (Fsp3) is 0.677. The van der Waals surface area contributed by atoms with Gasteiger partial charge in [0.25, 0.3) is 0 Å². The average molecular weight is 1400 g/mol. The van der Waals surface area contributed by atoms with Gasteiger partial charge in [-0.15, -0.1) is 0 Å². The van der Waals surface area contributed by atoms with Crippen molar-refractivity contribution >= 4 is 104 Å². The molecule has 2 unspecified atom stereocenters. The fourth-order valence-electron chi connectivity index (χ4n) is 11.0. The molecule has 1 fully saturated rings. The molecule has 0 aliphatic carbocycles. The number of amides is 9. The minimum Gasteiger partial charge on any atom is -0.508 e. The molecule has 1 saturated heterocycles. The number of aliphatic hydroxyl groups excluding tert-OH is 3. The molecule has 2 aromatic rings. The number of phenols is 1. The number of aromatic hydroxyl groups is 1. The maximum atomic E-state index is 15.3. The summed E-state index contributed by atoms with van der Waals surface area (Å²) >= 11 is 1.40. The molecule has 0 radical (unpaired) electrons. The fourth-order valence-corrected chi connectivity index (χ4v) is 13.5. The highest BCUT2D eigenvalue weighted by Crippen LogP contribution is 2.37. The molecule has 0 saturated carbocycles. The van der Waals surface area contributed by atoms with Crippen LogP contribution in [0.2, 0.25) is 0 Å². The van der Waals surface area contributed by atoms with Gasteiger partial charge in [0.2, 0.25) is 53.2 Å². The van der Waals surface area contributed by atoms with Crippen molar-refractivity contribution < 1.29 is 106 Å². The van der Waals surface area contributed by atoms with Crippen LogP contribution < -0.4 is 43.0 Å². The summed E-state index contributed by atoms with van der Waals surface area (Å²) in [7, 11) is -2.46. The minimum atomic E-state index is -2.46. The molecule has 34 heteroatoms. The maximum absolute atomic E-state index is 15.3. The minimum absolute atomic E-state index is 0.107. The number of primary amides is 1. The highest BCUT2D eigenvalue weighted by atomic mass is 32.2. The molecule has 15 N–H and O–H groups in total. The van der Waals surface area contributed by atoms with Crippen molar-refractivity contribution in [3.8, 4) is 5.75 Å². The van der Waals surface area contributed by atoms with Gasteiger partial charge in [0.05, 0.1) is 126 Å². The Bertz CT molecular complexity index is 3060. The summed E-state index contributed by atoms with van der Waals surface area (Å²) < 4.78 is 37.1. The number of thioether (sulfide) groups is 1. The zero-order valence-electron chi connectivity index (χ0n) is 54.6. The molecule has 536 valence electrons. The second-order valence-electron chi connectivity index (χ2n) is 24.1. The summed E-state index contributed by atoms with van der Waals surface area (Å²) in [6.07, 6.45) is -4.50. The number of rotatable bonds is 32. The summed E-state index contributed by atoms with van der Waals surface area (Å²) in [5, 5.41) is 70.3. The van der Waals surface area contributed by atoms with Crippen molar-refractivity contribution in [1.29, 1.82) is 0 Å². The van der Waals surface area contributed by atoms with Crippen molar-refractivity contribution in [1.82, 2.24) is 47.1 Å². The number of aromatic nitrogens is 1. The predicted molar refractivity (Wildman–Crippen MR) is 345 cm³/mol. The van der Waals surface area contributed by atoms with Crippen LogP contribution >= 0.6 is 11.8 Å². The SMILES string of the molecule is CC[C@H](C)[C@@H]1CC(=O)CNC(=O)[C@H]2CC(=O)[C@H]([C@@H](C)[C@@H](O)CO)NC(=O)[C@@H]3C[C@@H](O)CN3C(=O)[C@H](CC(N)=O)NC(=O)[C@H](CS(=O)c3[nH]c4c(CSCCCCNC(=O)CCOCCOCCOCCOCCNC(=O)C(C)CC(=O)O)c(O)ccc4c3C2)NC(=O)CNC1=O. The molecule has 4 heterocycles. The number of aliphatic carboxylic acids is 1. The van der Waals surface area contributed by atoms with Crippen LogP contribution in [-0.4, -0.2) is 250 Å². The molecule has 12 atom stereocenters. The van der Waals surface area contributed by atoms with Crippen LogP contribution in [0.5, 0.6) is 5.75 Å². The molecule has 5 rings (SSSR count). The molecule has 1 aromatic carbocycles. The van der Waals surface area contributed by atoms with Crippen molar-refractivity contribution in [2.45, 2.75) is 139 Å². The third-order valence-corrected chi connectivity index (χ3v) is 19.3. The first kappa shape index (κ1) is 79.5. The van der Waals surface area contributed by atoms with Gasteiger partial charge in [0, 0.05) is 85.7 Å². The van der Waals surface area contributed by atoms with Crippen LogP contribution in [0.4, 0.5) is 0 Å². The number of nitrogens with one attached hydrogen (secondary N) is 8. The Hall–Kier alpha value is -7.18. The molecule has 3 aliphatic rings. The lowest BCUT2D eigenvalue weighted by Gasteiger charge is -2.32. The van der Waals surface area contributed by atoms with E-state index in [1.807, 2.05) is 0 Å². The Morgan fingerprint density at radius 1 is 0.812 bits per heavy atom. The number of fused-ring (bicyclic) bond motifs is 5. The number of nitrogens with two attached hydrogens (primary N) is 1. The Morgan fingerprint density at radius 3 is 2.14 bits per heavy atom. The average Bonchev–Trinajstić information content (AvgIpc) is 1.61. The van der Waals surface area contributed by atoms with E-state index in [0.717, 1.165) is 4.90 Å². The van der Waals surface area contributed by atoms with E-state index in [9.17, 15) is 78.0 Å². The monoisotopic (exact) mass is 1390 g/mol. The van der Waals surface area contributed by atoms with Crippen molar-refractivity contribution in [3.05, 3.63) is 23.3 Å². The number of benzene rings is 1. The van der Waals surface area contributed by atoms with Crippen LogP contribution in [0.25, 0.3) is 10.9 Å². The number of hydrogen-bond donors (Lipinski definition) is 14. The Balaban J connectivity index is 1.33. The summed E-state index contributed by atoms with van der Waals surface area (Å²) in [6, 6.07) is -4.19. The van der Waals surface area contributed by atoms with E-state index in [1.54, 1.807) is 13.8 Å². The lowest BCUT2D eigenvalue weighted by Crippen LogP contribution is -2.60. The number of H-pyrrole nitrogens is 1. The normalized spacial score (nSPS) is 23.3. The van der Waals surface area contributed by atoms with E-state index >= 15 is 4.21 Å². The number of ether oxygens (including phenoxy) is 4. The van der Waals surface area contributed by atoms with Gasteiger partial charge in [-0.3, -0.25) is 61.7 Å². The molecular weight excluding hydrogens is 1300 g/mol. The second kappa shape index (κ2) is 40.5. The first-order valence-corrected chi connectivity index (χ1v) is 34.7. The van der Waals surface area contributed by atoms with Crippen LogP contribution in [0.3, 0.4) is 0 Å². The Labute approximate surface area is 562 Å². The summed E-state index contributed by atoms with van der Waals surface area (Å²) in [6.45, 7) is 6.24. The van der Waals surface area contributed by atoms with E-state index in [0.29, 0.717) is 56.9 Å². The summed E-state index contributed by atoms with van der Waals surface area (Å²) in [5.74, 6) is -15.4. The number of aromatic amines is 1. The highest BCUT2D eigenvalue weighted by Gasteiger charge is 2.45. The van der Waals surface area contributed by atoms with E-state index in [1.165, 1.54) is 37.7 Å². The number of Topliss-reactive ketones (excluding diaryl/α,β-unsaturated/α-hetero) is 2. The van der Waals surface area contributed by atoms with E-state index < -0.39 is 200 Å². The van der Waals surface area contributed by atoms with Gasteiger partial charge in [-0.05, 0) is 48.6 Å². The standard InChI is InChI=1S/C62H94N10O22S2/c1-5-34(2)41-25-38(74)28-66-57(85)37-23-42-40-8-9-47(76)43(32-95-21-7-6-11-64-51(80)10-13-91-15-17-93-19-20-94-18-16-92-14-12-65-56(84)35(3)22-53(82)83)55(40)71-61(42)96(90)33-45(68-52(81)29-67-58(41)86)59(87)69-44(27-50(63)79)62(89)72-30-39(75)26-46(72)60(88)70-54(48(77)24-37)36(4)49(78)31-73/h8-9,34-37,39,41,44-46,49,54,71,73,75-76,78H,5-7,10-33H2,1-4H3,(H2,63,79)(H,64,80)(H,65,84)(H,66,85)(H,67,86)(H,68,81)(H,69,87)(H,70,88)(H,82,83)/t34-,35?,36-,37+,39+,41-,44-,45-,46-,49-,54-,96?/m0/s1. The number of carbonyl (C=O) groups excluding carboxylic acids is 11. The quantitative estimate of drug-likeness (QED) is 0.0326. The first-order valence-electron chi connectivity index (χ1n) is 32.2. The number of carboxylic acids is 1. The van der Waals surface area contributed by atoms with Crippen LogP contribution in [0, 0.1) is 29.6 Å². The molecule has 1 aromatic heterocycles. The van der Waals surface area contributed by atoms with Gasteiger partial charge in [-0.1, -0.05) is 34.1 Å². The van der Waals surface area contributed by atoms with Crippen LogP contribution in [-0.2, 0) is 99.5 Å². The lowest BCUT2D eigenvalue weighted by atomic mass is 9.85. The number of unbranched alkanes of at least 4 members (excludes halogenated alkanes) is 1. The third kappa shape index (κ3) is 25.0. The molecular formula is C62H94N10O22S2. The van der Waals surface area contributed by atoms with E-state index in [-0.39, 0.29) is 97.2 Å². The third-order valence-electron chi connectivity index (χ3n) is 16.8. The molecule has 2 bridgehead atoms. The Morgan fingerprint density at radius 2 is 1.48 bits per heavy atom. The van der Waals surface area contributed by atoms with Crippen LogP contribution in [0.15, 0.2) is 17.2 Å². The van der Waals surface area contributed by atoms with E-state index in [4.69, 9.17) is 29.8 Å². The highest BCUT2D eigenvalue weighted by molar-refractivity contribution is 7.98. The molecule has 0 spiro atoms. The van der Waals surface area contributed by atoms with Crippen molar-refractivity contribution in [2.75, 3.05) is 104 Å². The predicted octanol–water partition coefficient (Wildman–Crippen LogP) is -2.93. The van der Waals surface area contributed by atoms with Gasteiger partial charge >= 0.3 is 5.97 Å². The van der Waals surface area contributed by atoms with Gasteiger partial charge < -0.3 is 97.3 Å². The van der Waals surface area contributed by atoms with Crippen molar-refractivity contribution in [2.24, 2.45) is 35.3 Å². The Kier molecular flexibility index (Phi) is 33.6. The van der Waals surface area contributed by atoms with Gasteiger partial charge in [-0.25, -0.2) is 0 Å². The number of ketones is 2. The summed E-state index contributed by atoms with van der Waals surface area (Å²) in [5.41, 5.74) is 6.24. The number of carboxylic acid groups (broad SMARTS) is 1. The van der Waals surface area contributed by atoms with Crippen LogP contribution in [0.1, 0.15) is 96.6 Å². The zero-order valence-corrected chi connectivity index (χ0v) is 56.2. The lowest BCUT2D eigenvalue weighted by molar-refractivity contribution is -0.144. The second-order valence-corrected chi connectivity index (χ2v) is 26.7. The van der Waals surface area contributed by atoms with Gasteiger partial charge in [0.15, 0.2) is 11.6 Å². The number of phenolic OH excluding ortho intramolecular Hbond substituents is 1. The first-order chi connectivity index (χ1) is 45.7. The number of carbonyl (C=O) groups is 12. The molecule has 96 heavy (non-hydrogen) atoms. The van der Waals surface area contributed by atoms with Gasteiger partial charge in [-0.2, -0.15) is 11.8 Å². The largest absolute Gasteiger partial charge is 0.508 e. The number of nitrogens with zero attached hydrogens (tertiary/aromatic N) is 1. The number of aliphatic hydroxyl groups is 3. The van der Waals surface area contributed by atoms with Gasteiger partial charge in [0.1, 0.15) is 28.9 Å². The van der Waals surface area contributed by atoms with Crippen molar-refractivity contribution in [3.63, 3.8) is 0 Å². The molecule has 32 nitrogen and oxygen atoms in total. The molecule has 3 aliphatic heterocycles.